The van der Waals surface area contributed by atoms with Gasteiger partial charge in [0.05, 0.1) is 28.0 Å². The lowest BCUT2D eigenvalue weighted by Gasteiger charge is -2.38. The number of benzene rings is 9. The number of para-hydroxylation sites is 3. The molecule has 0 aliphatic heterocycles. The predicted octanol–water partition coefficient (Wildman–Crippen LogP) is 15.1. The van der Waals surface area contributed by atoms with E-state index in [1.54, 1.807) is 0 Å². The van der Waals surface area contributed by atoms with E-state index in [-0.39, 0.29) is 0 Å². The maximum atomic E-state index is 5.45. The van der Waals surface area contributed by atoms with Gasteiger partial charge in [0.2, 0.25) is 0 Å². The first kappa shape index (κ1) is 35.4. The Morgan fingerprint density at radius 1 is 0.350 bits per heavy atom. The van der Waals surface area contributed by atoms with Gasteiger partial charge in [-0.3, -0.25) is 0 Å². The number of hydrogen-bond acceptors (Lipinski definition) is 2. The van der Waals surface area contributed by atoms with Crippen molar-refractivity contribution in [2.45, 2.75) is 5.41 Å². The lowest BCUT2D eigenvalue weighted by Crippen LogP contribution is -2.30. The van der Waals surface area contributed by atoms with Crippen LogP contribution in [0.4, 0.5) is 17.1 Å². The van der Waals surface area contributed by atoms with E-state index in [4.69, 9.17) is 4.98 Å². The minimum Gasteiger partial charge on any atom is -0.310 e. The van der Waals surface area contributed by atoms with Gasteiger partial charge >= 0.3 is 0 Å². The summed E-state index contributed by atoms with van der Waals surface area (Å²) in [7, 11) is 0. The van der Waals surface area contributed by atoms with Crippen LogP contribution in [0.1, 0.15) is 22.3 Å². The molecule has 0 fully saturated rings. The Bertz CT molecular complexity index is 3080. The highest BCUT2D eigenvalue weighted by Crippen LogP contribution is 2.61. The Morgan fingerprint density at radius 3 is 1.57 bits per heavy atom. The largest absolute Gasteiger partial charge is 0.310 e. The zero-order valence-electron chi connectivity index (χ0n) is 33.0. The van der Waals surface area contributed by atoms with E-state index in [1.807, 2.05) is 0 Å². The molecule has 0 spiro atoms. The lowest BCUT2D eigenvalue weighted by atomic mass is 9.67. The summed E-state index contributed by atoms with van der Waals surface area (Å²) in [4.78, 5) is 7.92. The smallest absolute Gasteiger partial charge is 0.0788 e. The SMILES string of the molecule is c1ccc(-c2ccccc2N(c2ccccc2)c2cccc3c2C(c2ccccc2)(c2ccccc2)c2cc(-c4nc5ccccc5cc4-c4ccccc4)ccc2-3)cc1. The molecule has 1 aromatic heterocycles. The third kappa shape index (κ3) is 5.76. The Balaban J connectivity index is 1.24. The van der Waals surface area contributed by atoms with E-state index in [2.05, 4.69) is 248 Å². The first-order valence-corrected chi connectivity index (χ1v) is 20.6. The normalized spacial score (nSPS) is 12.5. The van der Waals surface area contributed by atoms with E-state index in [1.165, 1.54) is 38.9 Å². The highest BCUT2D eigenvalue weighted by Gasteiger charge is 2.48. The number of anilines is 3. The summed E-state index contributed by atoms with van der Waals surface area (Å²) in [5, 5.41) is 1.12. The average Bonchev–Trinajstić information content (AvgIpc) is 3.64. The van der Waals surface area contributed by atoms with Gasteiger partial charge in [-0.15, -0.1) is 0 Å². The summed E-state index contributed by atoms with van der Waals surface area (Å²) in [6.07, 6.45) is 0. The molecule has 0 amide bonds. The molecular weight excluding hydrogens is 725 g/mol. The van der Waals surface area contributed by atoms with Crippen molar-refractivity contribution in [1.82, 2.24) is 4.98 Å². The van der Waals surface area contributed by atoms with Crippen molar-refractivity contribution in [1.29, 1.82) is 0 Å². The van der Waals surface area contributed by atoms with Crippen LogP contribution >= 0.6 is 0 Å². The first-order chi connectivity index (χ1) is 29.8. The van der Waals surface area contributed by atoms with Gasteiger partial charge in [-0.2, -0.15) is 0 Å². The zero-order chi connectivity index (χ0) is 39.9. The highest BCUT2D eigenvalue weighted by molar-refractivity contribution is 5.98. The molecule has 0 N–H and O–H groups in total. The summed E-state index contributed by atoms with van der Waals surface area (Å²) >= 11 is 0. The van der Waals surface area contributed by atoms with Gasteiger partial charge in [0.1, 0.15) is 0 Å². The molecule has 1 aliphatic carbocycles. The Kier molecular flexibility index (Phi) is 8.75. The van der Waals surface area contributed by atoms with Gasteiger partial charge < -0.3 is 4.90 Å². The number of rotatable bonds is 8. The minimum atomic E-state index is -0.696. The number of fused-ring (bicyclic) bond motifs is 4. The molecule has 1 heterocycles. The molecule has 1 aliphatic rings. The van der Waals surface area contributed by atoms with Crippen LogP contribution in [0.2, 0.25) is 0 Å². The second kappa shape index (κ2) is 14.8. The maximum Gasteiger partial charge on any atom is 0.0788 e. The van der Waals surface area contributed by atoms with E-state index in [9.17, 15) is 0 Å². The number of aromatic nitrogens is 1. The quantitative estimate of drug-likeness (QED) is 0.153. The van der Waals surface area contributed by atoms with Crippen LogP contribution in [-0.4, -0.2) is 4.98 Å². The van der Waals surface area contributed by atoms with Crippen LogP contribution in [0, 0.1) is 0 Å². The van der Waals surface area contributed by atoms with Gasteiger partial charge in [-0.25, -0.2) is 4.98 Å². The fourth-order valence-electron chi connectivity index (χ4n) is 9.55. The van der Waals surface area contributed by atoms with E-state index < -0.39 is 5.41 Å². The second-order valence-corrected chi connectivity index (χ2v) is 15.4. The summed E-state index contributed by atoms with van der Waals surface area (Å²) in [6.45, 7) is 0. The molecule has 10 aromatic rings. The molecule has 2 heteroatoms. The van der Waals surface area contributed by atoms with Crippen LogP contribution in [0.5, 0.6) is 0 Å². The van der Waals surface area contributed by atoms with Crippen molar-refractivity contribution in [3.05, 3.63) is 265 Å². The number of pyridine rings is 1. The van der Waals surface area contributed by atoms with Crippen LogP contribution < -0.4 is 4.90 Å². The molecule has 2 nitrogen and oxygen atoms in total. The van der Waals surface area contributed by atoms with Crippen molar-refractivity contribution >= 4 is 28.0 Å². The average molecular weight is 765 g/mol. The van der Waals surface area contributed by atoms with Gasteiger partial charge in [0.25, 0.3) is 0 Å². The van der Waals surface area contributed by atoms with Gasteiger partial charge in [-0.05, 0) is 81.4 Å². The Morgan fingerprint density at radius 2 is 0.883 bits per heavy atom. The van der Waals surface area contributed by atoms with Crippen molar-refractivity contribution in [3.63, 3.8) is 0 Å². The molecule has 9 aromatic carbocycles. The topological polar surface area (TPSA) is 16.1 Å². The maximum absolute atomic E-state index is 5.45. The number of nitrogens with zero attached hydrogens (tertiary/aromatic N) is 2. The first-order valence-electron chi connectivity index (χ1n) is 20.6. The van der Waals surface area contributed by atoms with E-state index in [0.717, 1.165) is 55.9 Å². The Hall–Kier alpha value is -7.81. The third-order valence-electron chi connectivity index (χ3n) is 12.1. The molecule has 0 radical (unpaired) electrons. The van der Waals surface area contributed by atoms with Crippen molar-refractivity contribution in [2.75, 3.05) is 4.90 Å². The van der Waals surface area contributed by atoms with Crippen molar-refractivity contribution in [3.8, 4) is 44.6 Å². The number of hydrogen-bond donors (Lipinski definition) is 0. The minimum absolute atomic E-state index is 0.696. The molecule has 0 saturated carbocycles. The lowest BCUT2D eigenvalue weighted by molar-refractivity contribution is 0.768. The monoisotopic (exact) mass is 764 g/mol. The molecule has 11 rings (SSSR count). The second-order valence-electron chi connectivity index (χ2n) is 15.4. The third-order valence-corrected chi connectivity index (χ3v) is 12.1. The fraction of sp³-hybridized carbons (Fsp3) is 0.0172. The van der Waals surface area contributed by atoms with Crippen molar-refractivity contribution < 1.29 is 0 Å². The van der Waals surface area contributed by atoms with E-state index >= 15 is 0 Å². The Labute approximate surface area is 351 Å². The summed E-state index contributed by atoms with van der Waals surface area (Å²) in [6, 6.07) is 87.9. The summed E-state index contributed by atoms with van der Waals surface area (Å²) < 4.78 is 0. The van der Waals surface area contributed by atoms with Crippen LogP contribution in [-0.2, 0) is 5.41 Å². The van der Waals surface area contributed by atoms with Crippen molar-refractivity contribution in [2.24, 2.45) is 0 Å². The van der Waals surface area contributed by atoms with Crippen LogP contribution in [0.25, 0.3) is 55.5 Å². The molecule has 282 valence electrons. The van der Waals surface area contributed by atoms with Gasteiger partial charge in [0, 0.05) is 33.3 Å². The molecule has 60 heavy (non-hydrogen) atoms. The zero-order valence-corrected chi connectivity index (χ0v) is 33.0. The summed E-state index contributed by atoms with van der Waals surface area (Å²) in [5.41, 5.74) is 17.6. The molecular formula is C58H40N2. The van der Waals surface area contributed by atoms with Crippen LogP contribution in [0.15, 0.2) is 243 Å². The van der Waals surface area contributed by atoms with Gasteiger partial charge in [0.15, 0.2) is 0 Å². The highest BCUT2D eigenvalue weighted by atomic mass is 15.1. The molecule has 0 bridgehead atoms. The van der Waals surface area contributed by atoms with Gasteiger partial charge in [-0.1, -0.05) is 200 Å². The predicted molar refractivity (Wildman–Crippen MR) is 250 cm³/mol. The summed E-state index contributed by atoms with van der Waals surface area (Å²) in [5.74, 6) is 0. The van der Waals surface area contributed by atoms with Crippen LogP contribution in [0.3, 0.4) is 0 Å². The van der Waals surface area contributed by atoms with E-state index in [0.29, 0.717) is 0 Å². The standard InChI is InChI=1S/C58H40N2/c1-6-21-41(22-7-1)48-32-17-19-35-54(48)60(47-30-14-5-15-31-47)55-36-20-33-50-49-38-37-44(57-51(42-23-8-2-9-24-42)39-43-25-16-18-34-53(43)59-57)40-52(49)58(56(50)55,45-26-10-3-11-27-45)46-28-12-4-13-29-46/h1-40H. The molecule has 0 atom stereocenters. The molecule has 0 saturated heterocycles. The fourth-order valence-corrected chi connectivity index (χ4v) is 9.55. The molecule has 0 unspecified atom stereocenters.